The minimum atomic E-state index is -3.40. The molecule has 2 aromatic heterocycles. The van der Waals surface area contributed by atoms with Crippen LogP contribution in [-0.4, -0.2) is 44.3 Å². The Kier molecular flexibility index (Phi) is 6.60. The summed E-state index contributed by atoms with van der Waals surface area (Å²) in [4.78, 5) is 14.0. The zero-order valence-corrected chi connectivity index (χ0v) is 23.6. The van der Waals surface area contributed by atoms with E-state index in [1.54, 1.807) is 56.7 Å². The van der Waals surface area contributed by atoms with Crippen LogP contribution in [0.2, 0.25) is 0 Å². The van der Waals surface area contributed by atoms with Crippen molar-refractivity contribution in [2.75, 3.05) is 12.5 Å². The van der Waals surface area contributed by atoms with Crippen LogP contribution in [0.5, 0.6) is 0 Å². The third-order valence-electron chi connectivity index (χ3n) is 7.03. The fraction of sp³-hybridized carbons (Fsp3) is 0.167. The molecule has 0 aliphatic carbocycles. The molecule has 5 aromatic rings. The highest BCUT2D eigenvalue weighted by atomic mass is 32.2. The minimum Gasteiger partial charge on any atom is -0.256 e. The number of benzene rings is 3. The fourth-order valence-corrected chi connectivity index (χ4v) is 5.61. The number of pyridine rings is 1. The number of rotatable bonds is 6. The zero-order valence-electron chi connectivity index (χ0n) is 22.0. The van der Waals surface area contributed by atoms with Gasteiger partial charge in [0.05, 0.1) is 26.5 Å². The summed E-state index contributed by atoms with van der Waals surface area (Å²) in [7, 11) is -6.72. The number of hydrogen-bond acceptors (Lipinski definition) is 7. The Morgan fingerprint density at radius 3 is 1.92 bits per heavy atom. The van der Waals surface area contributed by atoms with Gasteiger partial charge in [0, 0.05) is 53.2 Å². The quantitative estimate of drug-likeness (QED) is 0.263. The Morgan fingerprint density at radius 2 is 1.28 bits per heavy atom. The number of fused-ring (bicyclic) bond motifs is 1. The highest BCUT2D eigenvalue weighted by Gasteiger charge is 2.33. The summed E-state index contributed by atoms with van der Waals surface area (Å²) in [5.74, 6) is 0. The first-order valence-electron chi connectivity index (χ1n) is 12.2. The van der Waals surface area contributed by atoms with E-state index < -0.39 is 24.4 Å². The van der Waals surface area contributed by atoms with Crippen molar-refractivity contribution < 1.29 is 16.8 Å². The smallest absolute Gasteiger partial charge is 0.175 e. The van der Waals surface area contributed by atoms with Gasteiger partial charge in [-0.1, -0.05) is 36.4 Å². The van der Waals surface area contributed by atoms with Crippen LogP contribution >= 0.6 is 0 Å². The van der Waals surface area contributed by atoms with Crippen molar-refractivity contribution in [2.24, 2.45) is 0 Å². The summed E-state index contributed by atoms with van der Waals surface area (Å²) < 4.78 is 48.0. The molecule has 0 amide bonds. The SMILES string of the molecule is CC(C)(c1cc(-c2cccc(-c3nccnc3-c3ccc(S(C)(=O)=O)cc3)c2)c2ncccc2c1)S(C)(=O)=O. The Bertz CT molecular complexity index is 1930. The average Bonchev–Trinajstić information content (AvgIpc) is 2.91. The highest BCUT2D eigenvalue weighted by molar-refractivity contribution is 7.91. The van der Waals surface area contributed by atoms with Crippen molar-refractivity contribution >= 4 is 30.6 Å². The van der Waals surface area contributed by atoms with E-state index in [1.807, 2.05) is 48.5 Å². The Morgan fingerprint density at radius 1 is 0.641 bits per heavy atom. The van der Waals surface area contributed by atoms with Crippen LogP contribution in [0.15, 0.2) is 96.3 Å². The molecule has 198 valence electrons. The topological polar surface area (TPSA) is 107 Å². The molecule has 0 saturated carbocycles. The average molecular weight is 558 g/mol. The summed E-state index contributed by atoms with van der Waals surface area (Å²) in [6, 6.07) is 21.9. The lowest BCUT2D eigenvalue weighted by atomic mass is 9.92. The first-order chi connectivity index (χ1) is 18.4. The second-order valence-corrected chi connectivity index (χ2v) is 14.6. The summed E-state index contributed by atoms with van der Waals surface area (Å²) in [6.45, 7) is 3.42. The highest BCUT2D eigenvalue weighted by Crippen LogP contribution is 2.38. The Balaban J connectivity index is 1.67. The van der Waals surface area contributed by atoms with Crippen LogP contribution in [0.3, 0.4) is 0 Å². The second kappa shape index (κ2) is 9.66. The van der Waals surface area contributed by atoms with Crippen molar-refractivity contribution in [3.63, 3.8) is 0 Å². The van der Waals surface area contributed by atoms with E-state index in [0.717, 1.165) is 33.2 Å². The van der Waals surface area contributed by atoms with Crippen LogP contribution in [-0.2, 0) is 24.4 Å². The summed E-state index contributed by atoms with van der Waals surface area (Å²) in [6.07, 6.45) is 7.35. The molecule has 3 aromatic carbocycles. The zero-order chi connectivity index (χ0) is 28.0. The van der Waals surface area contributed by atoms with E-state index >= 15 is 0 Å². The van der Waals surface area contributed by atoms with Gasteiger partial charge in [-0.05, 0) is 61.4 Å². The molecule has 0 spiro atoms. The molecule has 0 atom stereocenters. The monoisotopic (exact) mass is 557 g/mol. The molecular formula is C30H27N3O4S2. The predicted octanol–water partition coefficient (Wildman–Crippen LogP) is 5.71. The van der Waals surface area contributed by atoms with Gasteiger partial charge in [-0.2, -0.15) is 0 Å². The molecule has 39 heavy (non-hydrogen) atoms. The summed E-state index contributed by atoms with van der Waals surface area (Å²) >= 11 is 0. The molecule has 0 unspecified atom stereocenters. The van der Waals surface area contributed by atoms with E-state index in [0.29, 0.717) is 17.0 Å². The normalized spacial score (nSPS) is 12.5. The molecule has 0 bridgehead atoms. The molecule has 2 heterocycles. The van der Waals surface area contributed by atoms with Gasteiger partial charge in [-0.3, -0.25) is 15.0 Å². The first kappa shape index (κ1) is 26.6. The third kappa shape index (κ3) is 5.07. The minimum absolute atomic E-state index is 0.231. The molecule has 9 heteroatoms. The maximum absolute atomic E-state index is 12.7. The molecule has 5 rings (SSSR count). The molecule has 0 aliphatic heterocycles. The van der Waals surface area contributed by atoms with Gasteiger partial charge in [-0.25, -0.2) is 16.8 Å². The van der Waals surface area contributed by atoms with Crippen LogP contribution in [0, 0.1) is 0 Å². The number of hydrogen-bond donors (Lipinski definition) is 0. The van der Waals surface area contributed by atoms with Gasteiger partial charge in [0.25, 0.3) is 0 Å². The lowest BCUT2D eigenvalue weighted by molar-refractivity contribution is 0.561. The van der Waals surface area contributed by atoms with Crippen molar-refractivity contribution in [1.82, 2.24) is 15.0 Å². The van der Waals surface area contributed by atoms with Crippen molar-refractivity contribution in [3.8, 4) is 33.6 Å². The lowest BCUT2D eigenvalue weighted by Crippen LogP contribution is -2.28. The van der Waals surface area contributed by atoms with Crippen LogP contribution in [0.25, 0.3) is 44.5 Å². The van der Waals surface area contributed by atoms with Crippen LogP contribution in [0.4, 0.5) is 0 Å². The standard InChI is InChI=1S/C30H27N3O4S2/c1-30(2,39(4,36)37)24-18-23-9-6-14-31-27(23)26(19-24)21-7-5-8-22(17-21)29-28(32-15-16-33-29)20-10-12-25(13-11-20)38(3,34)35/h5-19H,1-4H3. The van der Waals surface area contributed by atoms with Gasteiger partial charge in [0.15, 0.2) is 19.7 Å². The van der Waals surface area contributed by atoms with Gasteiger partial charge in [0.1, 0.15) is 0 Å². The van der Waals surface area contributed by atoms with Crippen molar-refractivity contribution in [2.45, 2.75) is 23.5 Å². The Labute approximate surface area is 228 Å². The summed E-state index contributed by atoms with van der Waals surface area (Å²) in [5, 5.41) is 0.846. The molecule has 0 fully saturated rings. The van der Waals surface area contributed by atoms with Gasteiger partial charge < -0.3 is 0 Å². The maximum atomic E-state index is 12.7. The number of nitrogens with zero attached hydrogens (tertiary/aromatic N) is 3. The van der Waals surface area contributed by atoms with Crippen LogP contribution in [0.1, 0.15) is 19.4 Å². The van der Waals surface area contributed by atoms with Gasteiger partial charge >= 0.3 is 0 Å². The molecule has 0 aliphatic rings. The van der Waals surface area contributed by atoms with E-state index in [1.165, 1.54) is 12.5 Å². The van der Waals surface area contributed by atoms with Gasteiger partial charge in [-0.15, -0.1) is 0 Å². The molecule has 7 nitrogen and oxygen atoms in total. The maximum Gasteiger partial charge on any atom is 0.175 e. The summed E-state index contributed by atoms with van der Waals surface area (Å²) in [5.41, 5.74) is 5.90. The number of sulfone groups is 2. The Hall–Kier alpha value is -3.95. The van der Waals surface area contributed by atoms with E-state index in [2.05, 4.69) is 15.0 Å². The van der Waals surface area contributed by atoms with Gasteiger partial charge in [0.2, 0.25) is 0 Å². The van der Waals surface area contributed by atoms with E-state index in [-0.39, 0.29) is 4.90 Å². The molecular weight excluding hydrogens is 530 g/mol. The van der Waals surface area contributed by atoms with Crippen molar-refractivity contribution in [3.05, 3.63) is 97.0 Å². The molecule has 0 radical (unpaired) electrons. The predicted molar refractivity (Wildman–Crippen MR) is 155 cm³/mol. The molecule has 0 saturated heterocycles. The van der Waals surface area contributed by atoms with E-state index in [9.17, 15) is 16.8 Å². The van der Waals surface area contributed by atoms with Crippen molar-refractivity contribution in [1.29, 1.82) is 0 Å². The lowest BCUT2D eigenvalue weighted by Gasteiger charge is -2.24. The number of aromatic nitrogens is 3. The second-order valence-electron chi connectivity index (χ2n) is 10.0. The first-order valence-corrected chi connectivity index (χ1v) is 16.0. The van der Waals surface area contributed by atoms with Crippen LogP contribution < -0.4 is 0 Å². The largest absolute Gasteiger partial charge is 0.256 e. The molecule has 0 N–H and O–H groups in total. The third-order valence-corrected chi connectivity index (χ3v) is 10.2. The van der Waals surface area contributed by atoms with E-state index in [4.69, 9.17) is 0 Å². The fourth-order valence-electron chi connectivity index (χ4n) is 4.43.